The van der Waals surface area contributed by atoms with Crippen LogP contribution >= 0.6 is 23.2 Å². The molecule has 4 rings (SSSR count). The maximum atomic E-state index is 12.1. The van der Waals surface area contributed by atoms with E-state index in [1.54, 1.807) is 0 Å². The molecule has 4 aliphatic carbocycles. The summed E-state index contributed by atoms with van der Waals surface area (Å²) < 4.78 is 5.01. The van der Waals surface area contributed by atoms with Crippen molar-refractivity contribution in [2.45, 2.75) is 41.9 Å². The van der Waals surface area contributed by atoms with Crippen LogP contribution in [0.25, 0.3) is 0 Å². The van der Waals surface area contributed by atoms with E-state index < -0.39 is 0 Å². The van der Waals surface area contributed by atoms with Crippen LogP contribution < -0.4 is 0 Å². The SMILES string of the molecule is COC(=O)C12CC3CC4(Cl)CC(Cl)(C1)CC342. The van der Waals surface area contributed by atoms with Crippen LogP contribution in [-0.4, -0.2) is 22.8 Å². The van der Waals surface area contributed by atoms with Gasteiger partial charge >= 0.3 is 5.97 Å². The van der Waals surface area contributed by atoms with E-state index in [4.69, 9.17) is 27.9 Å². The van der Waals surface area contributed by atoms with Gasteiger partial charge in [-0.2, -0.15) is 0 Å². The third-order valence-electron chi connectivity index (χ3n) is 5.90. The monoisotopic (exact) mass is 260 g/mol. The Balaban J connectivity index is 1.87. The summed E-state index contributed by atoms with van der Waals surface area (Å²) in [5.41, 5.74) is -0.358. The first kappa shape index (κ1) is 10.0. The lowest BCUT2D eigenvalue weighted by Gasteiger charge is -2.74. The van der Waals surface area contributed by atoms with E-state index >= 15 is 0 Å². The molecule has 0 aromatic carbocycles. The second kappa shape index (κ2) is 2.29. The minimum atomic E-state index is -0.341. The van der Waals surface area contributed by atoms with Gasteiger partial charge < -0.3 is 4.74 Å². The molecule has 16 heavy (non-hydrogen) atoms. The van der Waals surface area contributed by atoms with Crippen molar-refractivity contribution >= 4 is 29.2 Å². The lowest BCUT2D eigenvalue weighted by atomic mass is 9.31. The Hall–Kier alpha value is 0.0500. The van der Waals surface area contributed by atoms with E-state index in [9.17, 15) is 4.79 Å². The van der Waals surface area contributed by atoms with Gasteiger partial charge in [-0.25, -0.2) is 0 Å². The number of hydrogen-bond acceptors (Lipinski definition) is 2. The van der Waals surface area contributed by atoms with Crippen LogP contribution in [0.2, 0.25) is 0 Å². The number of ether oxygens (including phenoxy) is 1. The number of halogens is 2. The van der Waals surface area contributed by atoms with Gasteiger partial charge in [0.1, 0.15) is 0 Å². The molecule has 2 bridgehead atoms. The standard InChI is InChI=1S/C12H14Cl2O2/c1-16-8(15)10-2-7-3-11(14)5-9(13,4-10)6-12(7,10)11/h7H,2-6H2,1H3. The molecule has 0 radical (unpaired) electrons. The van der Waals surface area contributed by atoms with Gasteiger partial charge in [0, 0.05) is 10.3 Å². The molecule has 1 spiro atoms. The number of carbonyl (C=O) groups is 1. The van der Waals surface area contributed by atoms with E-state index in [1.807, 2.05) is 0 Å². The Morgan fingerprint density at radius 2 is 2.00 bits per heavy atom. The van der Waals surface area contributed by atoms with Gasteiger partial charge in [-0.05, 0) is 38.0 Å². The third kappa shape index (κ3) is 0.664. The van der Waals surface area contributed by atoms with Gasteiger partial charge in [0.2, 0.25) is 0 Å². The summed E-state index contributed by atoms with van der Waals surface area (Å²) >= 11 is 13.3. The van der Waals surface area contributed by atoms with E-state index in [0.29, 0.717) is 5.92 Å². The summed E-state index contributed by atoms with van der Waals surface area (Å²) in [4.78, 5) is 11.7. The summed E-state index contributed by atoms with van der Waals surface area (Å²) in [5.74, 6) is 0.544. The van der Waals surface area contributed by atoms with Crippen molar-refractivity contribution in [2.75, 3.05) is 7.11 Å². The number of fused-ring (bicyclic) bond motifs is 1. The second-order valence-corrected chi connectivity index (χ2v) is 7.82. The molecule has 0 saturated heterocycles. The van der Waals surface area contributed by atoms with E-state index in [1.165, 1.54) is 7.11 Å². The van der Waals surface area contributed by atoms with Crippen molar-refractivity contribution in [3.05, 3.63) is 0 Å². The highest BCUT2D eigenvalue weighted by atomic mass is 35.5. The van der Waals surface area contributed by atoms with Crippen molar-refractivity contribution in [1.29, 1.82) is 0 Å². The Bertz CT molecular complexity index is 425. The molecule has 0 aromatic heterocycles. The summed E-state index contributed by atoms with van der Waals surface area (Å²) in [7, 11) is 1.47. The molecule has 4 aliphatic rings. The second-order valence-electron chi connectivity index (χ2n) is 6.30. The van der Waals surface area contributed by atoms with Crippen LogP contribution in [0.4, 0.5) is 0 Å². The molecule has 0 amide bonds. The number of carbonyl (C=O) groups excluding carboxylic acids is 1. The average molecular weight is 261 g/mol. The van der Waals surface area contributed by atoms with Gasteiger partial charge in [0.25, 0.3) is 0 Å². The fraction of sp³-hybridized carbons (Fsp3) is 0.917. The molecular formula is C12H14Cl2O2. The zero-order valence-electron chi connectivity index (χ0n) is 9.19. The maximum Gasteiger partial charge on any atom is 0.312 e. The molecule has 0 aromatic rings. The number of rotatable bonds is 1. The van der Waals surface area contributed by atoms with Crippen LogP contribution in [0.3, 0.4) is 0 Å². The average Bonchev–Trinajstić information content (AvgIpc) is 2.56. The number of esters is 1. The highest BCUT2D eigenvalue weighted by Crippen LogP contribution is 2.91. The number of hydrogen-bond donors (Lipinski definition) is 0. The molecule has 4 saturated carbocycles. The van der Waals surface area contributed by atoms with E-state index in [0.717, 1.165) is 32.1 Å². The summed E-state index contributed by atoms with van der Waals surface area (Å²) in [6.07, 6.45) is 4.56. The molecule has 2 nitrogen and oxygen atoms in total. The molecule has 0 aliphatic heterocycles. The van der Waals surface area contributed by atoms with Gasteiger partial charge in [0.05, 0.1) is 17.4 Å². The summed E-state index contributed by atoms with van der Waals surface area (Å²) in [5, 5.41) is 0. The van der Waals surface area contributed by atoms with Gasteiger partial charge in [0.15, 0.2) is 0 Å². The number of methoxy groups -OCH3 is 1. The molecule has 4 heteroatoms. The zero-order valence-corrected chi connectivity index (χ0v) is 10.7. The predicted molar refractivity (Wildman–Crippen MR) is 60.6 cm³/mol. The molecule has 0 N–H and O–H groups in total. The first-order chi connectivity index (χ1) is 7.41. The minimum absolute atomic E-state index is 0.0175. The summed E-state index contributed by atoms with van der Waals surface area (Å²) in [6.45, 7) is 0. The van der Waals surface area contributed by atoms with Crippen molar-refractivity contribution in [1.82, 2.24) is 0 Å². The van der Waals surface area contributed by atoms with E-state index in [-0.39, 0.29) is 26.5 Å². The molecule has 88 valence electrons. The van der Waals surface area contributed by atoms with Crippen LogP contribution in [0.5, 0.6) is 0 Å². The fourth-order valence-electron chi connectivity index (χ4n) is 5.71. The van der Waals surface area contributed by atoms with Crippen molar-refractivity contribution in [2.24, 2.45) is 16.7 Å². The van der Waals surface area contributed by atoms with Crippen molar-refractivity contribution < 1.29 is 9.53 Å². The first-order valence-electron chi connectivity index (χ1n) is 5.88. The molecule has 5 atom stereocenters. The van der Waals surface area contributed by atoms with Crippen LogP contribution in [0.1, 0.15) is 32.1 Å². The normalized spacial score (nSPS) is 64.6. The van der Waals surface area contributed by atoms with Gasteiger partial charge in [-0.3, -0.25) is 4.79 Å². The zero-order chi connectivity index (χ0) is 11.4. The first-order valence-corrected chi connectivity index (χ1v) is 6.63. The highest BCUT2D eigenvalue weighted by molar-refractivity contribution is 6.31. The predicted octanol–water partition coefficient (Wildman–Crippen LogP) is 2.71. The Kier molecular flexibility index (Phi) is 1.43. The van der Waals surface area contributed by atoms with Crippen LogP contribution in [0, 0.1) is 16.7 Å². The maximum absolute atomic E-state index is 12.1. The van der Waals surface area contributed by atoms with E-state index in [2.05, 4.69) is 0 Å². The van der Waals surface area contributed by atoms with Crippen LogP contribution in [0.15, 0.2) is 0 Å². The molecule has 0 heterocycles. The lowest BCUT2D eigenvalue weighted by Crippen LogP contribution is -2.76. The third-order valence-corrected chi connectivity index (χ3v) is 6.93. The Labute approximate surface area is 105 Å². The largest absolute Gasteiger partial charge is 0.469 e. The molecular weight excluding hydrogens is 247 g/mol. The number of alkyl halides is 2. The highest BCUT2D eigenvalue weighted by Gasteiger charge is 2.91. The molecule has 5 unspecified atom stereocenters. The fourth-order valence-corrected chi connectivity index (χ4v) is 7.29. The van der Waals surface area contributed by atoms with Gasteiger partial charge in [-0.1, -0.05) is 0 Å². The van der Waals surface area contributed by atoms with Crippen molar-refractivity contribution in [3.63, 3.8) is 0 Å². The minimum Gasteiger partial charge on any atom is -0.469 e. The Morgan fingerprint density at radius 1 is 1.25 bits per heavy atom. The molecule has 4 fully saturated rings. The Morgan fingerprint density at radius 3 is 2.56 bits per heavy atom. The quantitative estimate of drug-likeness (QED) is 0.536. The van der Waals surface area contributed by atoms with Crippen molar-refractivity contribution in [3.8, 4) is 0 Å². The topological polar surface area (TPSA) is 26.3 Å². The van der Waals surface area contributed by atoms with Gasteiger partial charge in [-0.15, -0.1) is 23.2 Å². The summed E-state index contributed by atoms with van der Waals surface area (Å²) in [6, 6.07) is 0. The lowest BCUT2D eigenvalue weighted by molar-refractivity contribution is -0.238. The smallest absolute Gasteiger partial charge is 0.312 e. The van der Waals surface area contributed by atoms with Crippen LogP contribution in [-0.2, 0) is 9.53 Å².